The van der Waals surface area contributed by atoms with E-state index >= 15 is 0 Å². The number of hydrogen-bond donors (Lipinski definition) is 3. The van der Waals surface area contributed by atoms with Crippen LogP contribution in [-0.4, -0.2) is 55.6 Å². The molecule has 0 aliphatic carbocycles. The van der Waals surface area contributed by atoms with E-state index in [9.17, 15) is 14.4 Å². The van der Waals surface area contributed by atoms with Gasteiger partial charge in [0.15, 0.2) is 5.13 Å². The largest absolute Gasteiger partial charge is 0.378 e. The summed E-state index contributed by atoms with van der Waals surface area (Å²) in [5.74, 6) is -1.41. The number of thiazole rings is 1. The molecule has 1 fully saturated rings. The van der Waals surface area contributed by atoms with Crippen LogP contribution in [0.3, 0.4) is 0 Å². The normalized spacial score (nSPS) is 13.7. The topological polar surface area (TPSA) is 113 Å². The molecule has 3 rings (SSSR count). The number of aryl methyl sites for hydroxylation is 1. The molecule has 0 radical (unpaired) electrons. The fraction of sp³-hybridized carbons (Fsp3) is 0.333. The van der Waals surface area contributed by atoms with Gasteiger partial charge in [-0.1, -0.05) is 18.2 Å². The first-order valence-electron chi connectivity index (χ1n) is 8.76. The molecule has 0 spiro atoms. The monoisotopic (exact) mass is 403 g/mol. The number of morpholine rings is 1. The summed E-state index contributed by atoms with van der Waals surface area (Å²) in [6, 6.07) is 7.07. The first-order chi connectivity index (χ1) is 13.5. The van der Waals surface area contributed by atoms with Crippen LogP contribution in [0.1, 0.15) is 26.4 Å². The predicted molar refractivity (Wildman–Crippen MR) is 104 cm³/mol. The van der Waals surface area contributed by atoms with Crippen molar-refractivity contribution in [2.45, 2.75) is 6.92 Å². The minimum absolute atomic E-state index is 0.218. The average molecular weight is 403 g/mol. The van der Waals surface area contributed by atoms with Gasteiger partial charge >= 0.3 is 0 Å². The van der Waals surface area contributed by atoms with Crippen molar-refractivity contribution in [1.29, 1.82) is 0 Å². The summed E-state index contributed by atoms with van der Waals surface area (Å²) < 4.78 is 5.29. The van der Waals surface area contributed by atoms with Crippen molar-refractivity contribution in [3.8, 4) is 0 Å². The van der Waals surface area contributed by atoms with Crippen molar-refractivity contribution in [3.63, 3.8) is 0 Å². The van der Waals surface area contributed by atoms with Crippen molar-refractivity contribution in [2.24, 2.45) is 0 Å². The molecule has 1 aromatic carbocycles. The summed E-state index contributed by atoms with van der Waals surface area (Å²) in [7, 11) is 0. The number of benzene rings is 1. The van der Waals surface area contributed by atoms with E-state index in [0.29, 0.717) is 18.8 Å². The third kappa shape index (κ3) is 5.05. The summed E-state index contributed by atoms with van der Waals surface area (Å²) in [5, 5.41) is 4.89. The first kappa shape index (κ1) is 19.8. The summed E-state index contributed by atoms with van der Waals surface area (Å²) >= 11 is 1.36. The van der Waals surface area contributed by atoms with E-state index < -0.39 is 11.8 Å². The second kappa shape index (κ2) is 9.29. The summed E-state index contributed by atoms with van der Waals surface area (Å²) in [4.78, 5) is 42.4. The molecule has 28 heavy (non-hydrogen) atoms. The molecule has 3 N–H and O–H groups in total. The maximum absolute atomic E-state index is 12.1. The molecule has 148 valence electrons. The number of aromatic nitrogens is 1. The van der Waals surface area contributed by atoms with E-state index in [1.165, 1.54) is 11.3 Å². The van der Waals surface area contributed by atoms with E-state index in [1.54, 1.807) is 17.5 Å². The standard InChI is InChI=1S/C18H21N5O4S/c1-12-4-2-3-5-13(12)16(25)19-10-15(24)21-22-17(26)14-11-28-18(20-14)23-6-8-27-9-7-23/h2-5,11H,6-10H2,1H3,(H,19,25)(H,21,24)(H,22,26). The van der Waals surface area contributed by atoms with Crippen LogP contribution >= 0.6 is 11.3 Å². The molecule has 0 unspecified atom stereocenters. The van der Waals surface area contributed by atoms with Crippen molar-refractivity contribution in [3.05, 3.63) is 46.5 Å². The molecule has 0 bridgehead atoms. The fourth-order valence-electron chi connectivity index (χ4n) is 2.59. The Labute approximate surface area is 166 Å². The highest BCUT2D eigenvalue weighted by Gasteiger charge is 2.18. The molecule has 3 amide bonds. The molecule has 9 nitrogen and oxygen atoms in total. The number of nitrogens with one attached hydrogen (secondary N) is 3. The van der Waals surface area contributed by atoms with E-state index in [-0.39, 0.29) is 18.1 Å². The van der Waals surface area contributed by atoms with Crippen molar-refractivity contribution >= 4 is 34.2 Å². The van der Waals surface area contributed by atoms with Crippen LogP contribution in [0.4, 0.5) is 5.13 Å². The van der Waals surface area contributed by atoms with Crippen molar-refractivity contribution in [1.82, 2.24) is 21.2 Å². The first-order valence-corrected chi connectivity index (χ1v) is 9.64. The van der Waals surface area contributed by atoms with E-state index in [1.807, 2.05) is 24.0 Å². The zero-order valence-corrected chi connectivity index (χ0v) is 16.2. The third-order valence-electron chi connectivity index (χ3n) is 4.12. The lowest BCUT2D eigenvalue weighted by atomic mass is 10.1. The Hall–Kier alpha value is -2.98. The number of ether oxygens (including phenoxy) is 1. The van der Waals surface area contributed by atoms with Crippen LogP contribution in [0.2, 0.25) is 0 Å². The number of hydrogen-bond acceptors (Lipinski definition) is 7. The Morgan fingerprint density at radius 1 is 1.14 bits per heavy atom. The molecule has 2 aromatic rings. The number of amides is 3. The lowest BCUT2D eigenvalue weighted by Gasteiger charge is -2.25. The van der Waals surface area contributed by atoms with Gasteiger partial charge < -0.3 is 15.0 Å². The number of hydrazine groups is 1. The number of carbonyl (C=O) groups is 3. The summed E-state index contributed by atoms with van der Waals surface area (Å²) in [6.07, 6.45) is 0. The van der Waals surface area contributed by atoms with Crippen LogP contribution in [-0.2, 0) is 9.53 Å². The third-order valence-corrected chi connectivity index (χ3v) is 5.02. The molecule has 0 saturated carbocycles. The lowest BCUT2D eigenvalue weighted by Crippen LogP contribution is -2.46. The van der Waals surface area contributed by atoms with Gasteiger partial charge in [0.25, 0.3) is 17.7 Å². The smallest absolute Gasteiger partial charge is 0.289 e. The molecular formula is C18H21N5O4S. The second-order valence-electron chi connectivity index (χ2n) is 6.11. The zero-order valence-electron chi connectivity index (χ0n) is 15.4. The molecule has 0 atom stereocenters. The molecule has 1 saturated heterocycles. The maximum atomic E-state index is 12.1. The zero-order chi connectivity index (χ0) is 19.9. The van der Waals surface area contributed by atoms with E-state index in [4.69, 9.17) is 4.74 Å². The van der Waals surface area contributed by atoms with Gasteiger partial charge in [-0.15, -0.1) is 11.3 Å². The van der Waals surface area contributed by atoms with Crippen LogP contribution < -0.4 is 21.1 Å². The molecule has 10 heteroatoms. The Morgan fingerprint density at radius 3 is 2.64 bits per heavy atom. The fourth-order valence-corrected chi connectivity index (χ4v) is 3.45. The maximum Gasteiger partial charge on any atom is 0.289 e. The second-order valence-corrected chi connectivity index (χ2v) is 6.95. The quantitative estimate of drug-likeness (QED) is 0.626. The Bertz CT molecular complexity index is 863. The molecular weight excluding hydrogens is 382 g/mol. The van der Waals surface area contributed by atoms with E-state index in [0.717, 1.165) is 23.8 Å². The van der Waals surface area contributed by atoms with Gasteiger partial charge in [-0.2, -0.15) is 0 Å². The SMILES string of the molecule is Cc1ccccc1C(=O)NCC(=O)NNC(=O)c1csc(N2CCOCC2)n1. The van der Waals surface area contributed by atoms with Gasteiger partial charge in [-0.3, -0.25) is 25.2 Å². The number of rotatable bonds is 5. The van der Waals surface area contributed by atoms with Gasteiger partial charge in [0, 0.05) is 24.0 Å². The van der Waals surface area contributed by atoms with Gasteiger partial charge in [0.2, 0.25) is 0 Å². The highest BCUT2D eigenvalue weighted by molar-refractivity contribution is 7.13. The van der Waals surface area contributed by atoms with Crippen LogP contribution in [0.5, 0.6) is 0 Å². The predicted octanol–water partition coefficient (Wildman–Crippen LogP) is 0.479. The molecule has 1 aliphatic heterocycles. The molecule has 2 heterocycles. The van der Waals surface area contributed by atoms with Crippen LogP contribution in [0.25, 0.3) is 0 Å². The number of nitrogens with zero attached hydrogens (tertiary/aromatic N) is 2. The van der Waals surface area contributed by atoms with Crippen molar-refractivity contribution < 1.29 is 19.1 Å². The van der Waals surface area contributed by atoms with Gasteiger partial charge in [0.05, 0.1) is 19.8 Å². The summed E-state index contributed by atoms with van der Waals surface area (Å²) in [6.45, 7) is 4.27. The Morgan fingerprint density at radius 2 is 1.89 bits per heavy atom. The van der Waals surface area contributed by atoms with Gasteiger partial charge in [-0.05, 0) is 18.6 Å². The minimum Gasteiger partial charge on any atom is -0.378 e. The Balaban J connectivity index is 1.44. The highest BCUT2D eigenvalue weighted by Crippen LogP contribution is 2.21. The van der Waals surface area contributed by atoms with Gasteiger partial charge in [-0.25, -0.2) is 4.98 Å². The average Bonchev–Trinajstić information content (AvgIpc) is 3.21. The number of carbonyl (C=O) groups excluding carboxylic acids is 3. The minimum atomic E-state index is -0.543. The highest BCUT2D eigenvalue weighted by atomic mass is 32.1. The molecule has 1 aromatic heterocycles. The number of anilines is 1. The van der Waals surface area contributed by atoms with Gasteiger partial charge in [0.1, 0.15) is 5.69 Å². The Kier molecular flexibility index (Phi) is 6.56. The van der Waals surface area contributed by atoms with E-state index in [2.05, 4.69) is 21.2 Å². The van der Waals surface area contributed by atoms with Crippen LogP contribution in [0, 0.1) is 6.92 Å². The van der Waals surface area contributed by atoms with Crippen LogP contribution in [0.15, 0.2) is 29.6 Å². The molecule has 1 aliphatic rings. The lowest BCUT2D eigenvalue weighted by molar-refractivity contribution is -0.120. The summed E-state index contributed by atoms with van der Waals surface area (Å²) in [5.41, 5.74) is 6.10. The van der Waals surface area contributed by atoms with Crippen molar-refractivity contribution in [2.75, 3.05) is 37.7 Å².